The Hall–Kier alpha value is 0.0900. The molecule has 0 aliphatic rings. The van der Waals surface area contributed by atoms with Crippen LogP contribution in [-0.2, 0) is 0 Å². The summed E-state index contributed by atoms with van der Waals surface area (Å²) < 4.78 is 0. The Kier molecular flexibility index (Phi) is 6.83. The molecule has 2 unspecified atom stereocenters. The molecule has 0 bridgehead atoms. The van der Waals surface area contributed by atoms with E-state index in [9.17, 15) is 0 Å². The van der Waals surface area contributed by atoms with Crippen LogP contribution >= 0.6 is 11.8 Å². The van der Waals surface area contributed by atoms with Gasteiger partial charge in [-0.1, -0.05) is 26.0 Å². The van der Waals surface area contributed by atoms with Crippen LogP contribution < -0.4 is 0 Å². The normalized spacial score (nSPS) is 17.1. The Balaban J connectivity index is 3.54. The predicted molar refractivity (Wildman–Crippen MR) is 56.1 cm³/mol. The van der Waals surface area contributed by atoms with E-state index in [1.54, 1.807) is 0 Å². The summed E-state index contributed by atoms with van der Waals surface area (Å²) in [5, 5.41) is 0. The van der Waals surface area contributed by atoms with E-state index in [2.05, 4.69) is 39.2 Å². The smallest absolute Gasteiger partial charge is 0.00676 e. The summed E-state index contributed by atoms with van der Waals surface area (Å²) in [6, 6.07) is 0. The summed E-state index contributed by atoms with van der Waals surface area (Å²) in [7, 11) is 0. The lowest BCUT2D eigenvalue weighted by molar-refractivity contribution is 0.449. The quantitative estimate of drug-likeness (QED) is 0.571. The van der Waals surface area contributed by atoms with Gasteiger partial charge in [0.05, 0.1) is 0 Å². The molecule has 0 rings (SSSR count). The Morgan fingerprint density at radius 1 is 1.36 bits per heavy atom. The first-order valence-corrected chi connectivity index (χ1v) is 5.73. The van der Waals surface area contributed by atoms with Gasteiger partial charge in [0.2, 0.25) is 0 Å². The van der Waals surface area contributed by atoms with E-state index in [0.717, 1.165) is 11.8 Å². The summed E-state index contributed by atoms with van der Waals surface area (Å²) >= 11 is 1.94. The third kappa shape index (κ3) is 5.37. The average Bonchev–Trinajstić information content (AvgIpc) is 2.00. The minimum Gasteiger partial charge on any atom is -0.165 e. The fourth-order valence-electron chi connectivity index (χ4n) is 1.06. The SMILES string of the molecule is CC=CC(C)C(C)CCSC. The van der Waals surface area contributed by atoms with E-state index in [1.165, 1.54) is 12.2 Å². The Morgan fingerprint density at radius 2 is 2.00 bits per heavy atom. The van der Waals surface area contributed by atoms with Crippen LogP contribution in [0.1, 0.15) is 27.2 Å². The van der Waals surface area contributed by atoms with Gasteiger partial charge in [0.15, 0.2) is 0 Å². The van der Waals surface area contributed by atoms with Crippen LogP contribution in [0.4, 0.5) is 0 Å². The molecule has 0 aromatic heterocycles. The van der Waals surface area contributed by atoms with Gasteiger partial charge in [0, 0.05) is 0 Å². The van der Waals surface area contributed by atoms with Crippen molar-refractivity contribution in [2.45, 2.75) is 27.2 Å². The highest BCUT2D eigenvalue weighted by Crippen LogP contribution is 2.17. The fourth-order valence-corrected chi connectivity index (χ4v) is 1.67. The van der Waals surface area contributed by atoms with Crippen LogP contribution in [0.5, 0.6) is 0 Å². The highest BCUT2D eigenvalue weighted by atomic mass is 32.2. The molecule has 0 aromatic rings. The summed E-state index contributed by atoms with van der Waals surface area (Å²) in [5.41, 5.74) is 0. The zero-order valence-corrected chi connectivity index (χ0v) is 8.95. The van der Waals surface area contributed by atoms with Crippen molar-refractivity contribution in [1.82, 2.24) is 0 Å². The lowest BCUT2D eigenvalue weighted by atomic mass is 9.93. The fraction of sp³-hybridized carbons (Fsp3) is 0.800. The van der Waals surface area contributed by atoms with E-state index in [4.69, 9.17) is 0 Å². The maximum absolute atomic E-state index is 2.33. The van der Waals surface area contributed by atoms with Crippen LogP contribution in [0, 0.1) is 11.8 Å². The third-order valence-corrected chi connectivity index (χ3v) is 2.81. The lowest BCUT2D eigenvalue weighted by Crippen LogP contribution is -2.05. The first kappa shape index (κ1) is 11.1. The Bertz CT molecular complexity index is 107. The molecule has 0 heterocycles. The minimum atomic E-state index is 0.743. The highest BCUT2D eigenvalue weighted by molar-refractivity contribution is 7.98. The van der Waals surface area contributed by atoms with Crippen molar-refractivity contribution in [2.24, 2.45) is 11.8 Å². The van der Waals surface area contributed by atoms with E-state index in [1.807, 2.05) is 11.8 Å². The molecule has 1 heteroatoms. The molecule has 0 N–H and O–H groups in total. The van der Waals surface area contributed by atoms with Crippen molar-refractivity contribution in [3.8, 4) is 0 Å². The lowest BCUT2D eigenvalue weighted by Gasteiger charge is -2.15. The molecule has 11 heavy (non-hydrogen) atoms. The summed E-state index contributed by atoms with van der Waals surface area (Å²) in [5.74, 6) is 2.87. The third-order valence-electron chi connectivity index (χ3n) is 2.17. The standard InChI is InChI=1S/C10H20S/c1-5-6-9(2)10(3)7-8-11-4/h5-6,9-10H,7-8H2,1-4H3. The van der Waals surface area contributed by atoms with Gasteiger partial charge < -0.3 is 0 Å². The molecular formula is C10H20S. The van der Waals surface area contributed by atoms with Gasteiger partial charge in [0.25, 0.3) is 0 Å². The highest BCUT2D eigenvalue weighted by Gasteiger charge is 2.07. The molecule has 0 saturated heterocycles. The van der Waals surface area contributed by atoms with E-state index in [-0.39, 0.29) is 0 Å². The van der Waals surface area contributed by atoms with Crippen LogP contribution in [0.2, 0.25) is 0 Å². The van der Waals surface area contributed by atoms with Crippen molar-refractivity contribution in [3.05, 3.63) is 12.2 Å². The second-order valence-electron chi connectivity index (χ2n) is 3.14. The molecule has 0 aromatic carbocycles. The number of rotatable bonds is 5. The molecule has 66 valence electrons. The largest absolute Gasteiger partial charge is 0.165 e. The maximum atomic E-state index is 2.33. The first-order valence-electron chi connectivity index (χ1n) is 4.34. The molecule has 0 aliphatic carbocycles. The summed E-state index contributed by atoms with van der Waals surface area (Å²) in [6.45, 7) is 6.73. The van der Waals surface area contributed by atoms with E-state index >= 15 is 0 Å². The first-order chi connectivity index (χ1) is 5.22. The Morgan fingerprint density at radius 3 is 2.45 bits per heavy atom. The maximum Gasteiger partial charge on any atom is -0.00676 e. The van der Waals surface area contributed by atoms with Gasteiger partial charge in [-0.15, -0.1) is 0 Å². The van der Waals surface area contributed by atoms with Crippen LogP contribution in [0.25, 0.3) is 0 Å². The Labute approximate surface area is 75.5 Å². The van der Waals surface area contributed by atoms with Gasteiger partial charge in [-0.25, -0.2) is 0 Å². The van der Waals surface area contributed by atoms with Crippen molar-refractivity contribution < 1.29 is 0 Å². The molecule has 0 spiro atoms. The molecule has 0 amide bonds. The van der Waals surface area contributed by atoms with Crippen LogP contribution in [-0.4, -0.2) is 12.0 Å². The van der Waals surface area contributed by atoms with Gasteiger partial charge in [-0.3, -0.25) is 0 Å². The topological polar surface area (TPSA) is 0 Å². The number of allylic oxidation sites excluding steroid dienone is 2. The van der Waals surface area contributed by atoms with Gasteiger partial charge in [-0.05, 0) is 37.2 Å². The van der Waals surface area contributed by atoms with Crippen LogP contribution in [0.15, 0.2) is 12.2 Å². The van der Waals surface area contributed by atoms with Crippen molar-refractivity contribution in [1.29, 1.82) is 0 Å². The van der Waals surface area contributed by atoms with Gasteiger partial charge in [-0.2, -0.15) is 11.8 Å². The van der Waals surface area contributed by atoms with E-state index in [0.29, 0.717) is 0 Å². The predicted octanol–water partition coefficient (Wildman–Crippen LogP) is 3.59. The molecular weight excluding hydrogens is 152 g/mol. The number of hydrogen-bond acceptors (Lipinski definition) is 1. The average molecular weight is 172 g/mol. The second kappa shape index (κ2) is 6.78. The second-order valence-corrected chi connectivity index (χ2v) is 4.13. The summed E-state index contributed by atoms with van der Waals surface area (Å²) in [4.78, 5) is 0. The number of thioether (sulfide) groups is 1. The zero-order chi connectivity index (χ0) is 8.69. The number of hydrogen-bond donors (Lipinski definition) is 0. The molecule has 0 fully saturated rings. The molecule has 2 atom stereocenters. The molecule has 0 aliphatic heterocycles. The zero-order valence-electron chi connectivity index (χ0n) is 8.13. The van der Waals surface area contributed by atoms with Gasteiger partial charge >= 0.3 is 0 Å². The monoisotopic (exact) mass is 172 g/mol. The van der Waals surface area contributed by atoms with Crippen molar-refractivity contribution >= 4 is 11.8 Å². The van der Waals surface area contributed by atoms with Crippen molar-refractivity contribution in [3.63, 3.8) is 0 Å². The molecule has 0 radical (unpaired) electrons. The minimum absolute atomic E-state index is 0.743. The van der Waals surface area contributed by atoms with E-state index < -0.39 is 0 Å². The summed E-state index contributed by atoms with van der Waals surface area (Å²) in [6.07, 6.45) is 7.96. The van der Waals surface area contributed by atoms with Gasteiger partial charge in [0.1, 0.15) is 0 Å². The van der Waals surface area contributed by atoms with Crippen LogP contribution in [0.3, 0.4) is 0 Å². The molecule has 0 nitrogen and oxygen atoms in total. The molecule has 0 saturated carbocycles. The van der Waals surface area contributed by atoms with Crippen molar-refractivity contribution in [2.75, 3.05) is 12.0 Å².